The average molecular weight is 570 g/mol. The van der Waals surface area contributed by atoms with Gasteiger partial charge in [-0.3, -0.25) is 9.59 Å². The number of nitrogens with zero attached hydrogens (tertiary/aromatic N) is 4. The van der Waals surface area contributed by atoms with Crippen LogP contribution >= 0.6 is 12.4 Å². The minimum Gasteiger partial charge on any atom is -0.394 e. The zero-order chi connectivity index (χ0) is 27.1. The first-order valence-corrected chi connectivity index (χ1v) is 11.7. The van der Waals surface area contributed by atoms with Crippen LogP contribution in [0.25, 0.3) is 0 Å². The van der Waals surface area contributed by atoms with Crippen LogP contribution in [0.4, 0.5) is 26.3 Å². The summed E-state index contributed by atoms with van der Waals surface area (Å²) in [6.07, 6.45) is -4.37. The van der Waals surface area contributed by atoms with Gasteiger partial charge in [0.25, 0.3) is 5.91 Å². The molecule has 0 saturated carbocycles. The number of hydrogen-bond acceptors (Lipinski definition) is 5. The first-order valence-electron chi connectivity index (χ1n) is 11.7. The molecule has 2 aliphatic heterocycles. The summed E-state index contributed by atoms with van der Waals surface area (Å²) in [7, 11) is 0. The van der Waals surface area contributed by atoms with Gasteiger partial charge in [-0.15, -0.1) is 12.4 Å². The predicted octanol–water partition coefficient (Wildman–Crippen LogP) is 2.64. The van der Waals surface area contributed by atoms with Crippen LogP contribution in [0.1, 0.15) is 46.8 Å². The number of likely N-dealkylation sites (tertiary alicyclic amines) is 1. The maximum absolute atomic E-state index is 13.9. The molecule has 0 radical (unpaired) electrons. The first-order chi connectivity index (χ1) is 17.4. The van der Waals surface area contributed by atoms with Crippen LogP contribution in [-0.2, 0) is 30.5 Å². The van der Waals surface area contributed by atoms with E-state index in [1.165, 1.54) is 9.80 Å². The number of nitrogens with two attached hydrogens (primary N) is 1. The number of fused-ring (bicyclic) bond motifs is 1. The Hall–Kier alpha value is -2.84. The van der Waals surface area contributed by atoms with Gasteiger partial charge in [0.15, 0.2) is 17.3 Å². The number of benzene rings is 1. The molecular formula is C23H26ClF6N5O3. The second-order valence-corrected chi connectivity index (χ2v) is 9.20. The Morgan fingerprint density at radius 2 is 1.79 bits per heavy atom. The molecule has 1 saturated heterocycles. The Balaban J connectivity index is 0.00000400. The maximum Gasteiger partial charge on any atom is 0.449 e. The van der Waals surface area contributed by atoms with Crippen molar-refractivity contribution in [2.75, 3.05) is 19.7 Å². The second kappa shape index (κ2) is 11.5. The van der Waals surface area contributed by atoms with Crippen molar-refractivity contribution in [3.8, 4) is 0 Å². The molecule has 2 aromatic rings. The van der Waals surface area contributed by atoms with Gasteiger partial charge in [-0.05, 0) is 30.9 Å². The number of imidazole rings is 1. The minimum absolute atomic E-state index is 0. The first kappa shape index (κ1) is 29.7. The molecule has 1 aromatic heterocycles. The van der Waals surface area contributed by atoms with Gasteiger partial charge in [0.05, 0.1) is 24.9 Å². The van der Waals surface area contributed by atoms with Crippen molar-refractivity contribution in [1.82, 2.24) is 19.4 Å². The zero-order valence-electron chi connectivity index (χ0n) is 20.0. The van der Waals surface area contributed by atoms with Gasteiger partial charge >= 0.3 is 6.18 Å². The van der Waals surface area contributed by atoms with E-state index in [2.05, 4.69) is 4.98 Å². The van der Waals surface area contributed by atoms with Crippen LogP contribution in [0.5, 0.6) is 0 Å². The number of aliphatic hydroxyl groups is 1. The smallest absolute Gasteiger partial charge is 0.394 e. The van der Waals surface area contributed by atoms with E-state index in [9.17, 15) is 41.0 Å². The topological polar surface area (TPSA) is 105 Å². The quantitative estimate of drug-likeness (QED) is 0.411. The van der Waals surface area contributed by atoms with E-state index < -0.39 is 59.0 Å². The lowest BCUT2D eigenvalue weighted by Crippen LogP contribution is -2.43. The number of hydrogen-bond donors (Lipinski definition) is 2. The van der Waals surface area contributed by atoms with E-state index >= 15 is 0 Å². The van der Waals surface area contributed by atoms with Crippen molar-refractivity contribution >= 4 is 24.2 Å². The number of carbonyl (C=O) groups excluding carboxylic acids is 2. The molecule has 2 amide bonds. The molecule has 0 aliphatic carbocycles. The normalized spacial score (nSPS) is 18.3. The fraction of sp³-hybridized carbons (Fsp3) is 0.522. The highest BCUT2D eigenvalue weighted by Crippen LogP contribution is 2.33. The molecule has 38 heavy (non-hydrogen) atoms. The fourth-order valence-electron chi connectivity index (χ4n) is 4.83. The van der Waals surface area contributed by atoms with E-state index in [1.54, 1.807) is 0 Å². The minimum atomic E-state index is -4.84. The van der Waals surface area contributed by atoms with Crippen LogP contribution in [0.3, 0.4) is 0 Å². The Labute approximate surface area is 219 Å². The van der Waals surface area contributed by atoms with E-state index in [0.29, 0.717) is 25.0 Å². The van der Waals surface area contributed by atoms with Crippen molar-refractivity contribution in [2.24, 2.45) is 5.73 Å². The van der Waals surface area contributed by atoms with Crippen LogP contribution in [0.15, 0.2) is 12.1 Å². The van der Waals surface area contributed by atoms with Crippen LogP contribution in [0, 0.1) is 17.5 Å². The molecule has 0 spiro atoms. The maximum atomic E-state index is 13.9. The van der Waals surface area contributed by atoms with E-state index in [4.69, 9.17) is 5.73 Å². The number of amides is 2. The molecule has 4 rings (SSSR count). The molecule has 1 aromatic carbocycles. The van der Waals surface area contributed by atoms with Crippen molar-refractivity contribution in [3.05, 3.63) is 52.4 Å². The summed E-state index contributed by atoms with van der Waals surface area (Å²) in [5.41, 5.74) is 5.20. The van der Waals surface area contributed by atoms with Crippen LogP contribution in [-0.4, -0.2) is 68.1 Å². The molecule has 1 unspecified atom stereocenters. The summed E-state index contributed by atoms with van der Waals surface area (Å²) < 4.78 is 82.4. The summed E-state index contributed by atoms with van der Waals surface area (Å²) in [5, 5.41) is 9.53. The molecule has 2 atom stereocenters. The van der Waals surface area contributed by atoms with Gasteiger partial charge in [0.2, 0.25) is 11.7 Å². The summed E-state index contributed by atoms with van der Waals surface area (Å²) in [5.74, 6) is -6.21. The summed E-state index contributed by atoms with van der Waals surface area (Å²) in [4.78, 5) is 32.1. The predicted molar refractivity (Wildman–Crippen MR) is 124 cm³/mol. The van der Waals surface area contributed by atoms with Crippen molar-refractivity contribution < 1.29 is 41.0 Å². The van der Waals surface area contributed by atoms with E-state index in [-0.39, 0.29) is 69.3 Å². The molecule has 2 aliphatic rings. The highest BCUT2D eigenvalue weighted by Gasteiger charge is 2.43. The van der Waals surface area contributed by atoms with Gasteiger partial charge in [-0.25, -0.2) is 18.2 Å². The molecule has 3 N–H and O–H groups in total. The van der Waals surface area contributed by atoms with Crippen LogP contribution < -0.4 is 5.73 Å². The van der Waals surface area contributed by atoms with Gasteiger partial charge in [0.1, 0.15) is 5.82 Å². The molecule has 8 nitrogen and oxygen atoms in total. The van der Waals surface area contributed by atoms with Gasteiger partial charge in [0, 0.05) is 38.2 Å². The number of alkyl halides is 3. The standard InChI is InChI=1S/C23H25F6N5O3.ClH/c24-15-9-17(26)16(25)7-12(15)6-13(30)8-19(36)32-4-5-34-18(10-32)20(31-22(34)23(27,28)29)21(37)33-3-1-2-14(33)11-35;/h7,9,13-14,35H,1-6,8,10-11,30H2;1H/t13-,14?;/m1./s1. The van der Waals surface area contributed by atoms with E-state index in [0.717, 1.165) is 4.57 Å². The Kier molecular flexibility index (Phi) is 8.99. The Morgan fingerprint density at radius 3 is 2.45 bits per heavy atom. The van der Waals surface area contributed by atoms with Crippen LogP contribution in [0.2, 0.25) is 0 Å². The van der Waals surface area contributed by atoms with Crippen molar-refractivity contribution in [2.45, 2.75) is 57.0 Å². The van der Waals surface area contributed by atoms with Gasteiger partial charge < -0.3 is 25.2 Å². The lowest BCUT2D eigenvalue weighted by atomic mass is 10.0. The third kappa shape index (κ3) is 5.91. The highest BCUT2D eigenvalue weighted by atomic mass is 35.5. The number of halogens is 7. The summed E-state index contributed by atoms with van der Waals surface area (Å²) in [6.45, 7) is -0.807. The number of aliphatic hydroxyl groups excluding tert-OH is 1. The molecular weight excluding hydrogens is 544 g/mol. The number of carbonyl (C=O) groups is 2. The summed E-state index contributed by atoms with van der Waals surface area (Å²) >= 11 is 0. The molecule has 15 heteroatoms. The highest BCUT2D eigenvalue weighted by molar-refractivity contribution is 5.94. The third-order valence-electron chi connectivity index (χ3n) is 6.67. The van der Waals surface area contributed by atoms with Gasteiger partial charge in [-0.1, -0.05) is 0 Å². The third-order valence-corrected chi connectivity index (χ3v) is 6.67. The number of aromatic nitrogens is 2. The average Bonchev–Trinajstić information content (AvgIpc) is 3.46. The lowest BCUT2D eigenvalue weighted by molar-refractivity contribution is -0.148. The second-order valence-electron chi connectivity index (χ2n) is 9.20. The molecule has 210 valence electrons. The SMILES string of the molecule is Cl.N[C@@H](CC(=O)N1CCn2c(C(F)(F)F)nc(C(=O)N3CCCC3CO)c2C1)Cc1cc(F)c(F)cc1F. The van der Waals surface area contributed by atoms with Gasteiger partial charge in [-0.2, -0.15) is 13.2 Å². The zero-order valence-corrected chi connectivity index (χ0v) is 20.8. The fourth-order valence-corrected chi connectivity index (χ4v) is 4.83. The number of rotatable bonds is 6. The largest absolute Gasteiger partial charge is 0.449 e. The molecule has 3 heterocycles. The Morgan fingerprint density at radius 1 is 1.11 bits per heavy atom. The molecule has 1 fully saturated rings. The van der Waals surface area contributed by atoms with Crippen molar-refractivity contribution in [1.29, 1.82) is 0 Å². The monoisotopic (exact) mass is 569 g/mol. The molecule has 0 bridgehead atoms. The Bertz CT molecular complexity index is 1210. The summed E-state index contributed by atoms with van der Waals surface area (Å²) in [6, 6.07) is -0.484. The van der Waals surface area contributed by atoms with E-state index in [1.807, 2.05) is 0 Å². The lowest BCUT2D eigenvalue weighted by Gasteiger charge is -2.31. The van der Waals surface area contributed by atoms with Crippen molar-refractivity contribution in [3.63, 3.8) is 0 Å².